The normalized spacial score (nSPS) is 18.1. The first-order valence-corrected chi connectivity index (χ1v) is 10.3. The first kappa shape index (κ1) is 22.5. The Bertz CT molecular complexity index is 1160. The molecule has 4 rings (SSSR count). The fraction of sp³-hybridized carbons (Fsp3) is 0.273. The van der Waals surface area contributed by atoms with Crippen LogP contribution < -0.4 is 21.5 Å². The van der Waals surface area contributed by atoms with Crippen LogP contribution >= 0.6 is 0 Å². The van der Waals surface area contributed by atoms with Crippen molar-refractivity contribution in [1.29, 1.82) is 0 Å². The number of hydrogen-bond donors (Lipinski definition) is 3. The van der Waals surface area contributed by atoms with Gasteiger partial charge >= 0.3 is 0 Å². The maximum Gasteiger partial charge on any atom is 0.276 e. The second-order valence-electron chi connectivity index (χ2n) is 7.70. The molecule has 2 heterocycles. The lowest BCUT2D eigenvalue weighted by atomic mass is 9.94. The Labute approximate surface area is 187 Å². The zero-order valence-electron chi connectivity index (χ0n) is 17.4. The number of anilines is 2. The van der Waals surface area contributed by atoms with Crippen LogP contribution in [0.3, 0.4) is 0 Å². The van der Waals surface area contributed by atoms with Crippen molar-refractivity contribution in [3.8, 4) is 17.1 Å². The van der Waals surface area contributed by atoms with Gasteiger partial charge in [0.15, 0.2) is 11.5 Å². The summed E-state index contributed by atoms with van der Waals surface area (Å²) in [7, 11) is 0. The number of benzene rings is 1. The van der Waals surface area contributed by atoms with Crippen molar-refractivity contribution in [3.05, 3.63) is 59.9 Å². The number of halogens is 3. The highest BCUT2D eigenvalue weighted by atomic mass is 19.1. The first-order valence-electron chi connectivity index (χ1n) is 10.3. The summed E-state index contributed by atoms with van der Waals surface area (Å²) in [5.74, 6) is -3.85. The molecule has 2 aromatic heterocycles. The molecule has 0 aliphatic heterocycles. The third-order valence-electron chi connectivity index (χ3n) is 5.34. The van der Waals surface area contributed by atoms with E-state index in [1.807, 2.05) is 0 Å². The molecule has 1 amide bonds. The van der Waals surface area contributed by atoms with Crippen molar-refractivity contribution in [1.82, 2.24) is 15.0 Å². The predicted molar refractivity (Wildman–Crippen MR) is 115 cm³/mol. The van der Waals surface area contributed by atoms with Gasteiger partial charge in [-0.1, -0.05) is 6.07 Å². The van der Waals surface area contributed by atoms with Crippen LogP contribution in [-0.2, 0) is 0 Å². The number of pyridine rings is 1. The van der Waals surface area contributed by atoms with Crippen LogP contribution in [0.1, 0.15) is 36.2 Å². The summed E-state index contributed by atoms with van der Waals surface area (Å²) in [6, 6.07) is 3.97. The van der Waals surface area contributed by atoms with E-state index >= 15 is 0 Å². The summed E-state index contributed by atoms with van der Waals surface area (Å²) in [5, 5.41) is 2.53. The van der Waals surface area contributed by atoms with Crippen molar-refractivity contribution in [3.63, 3.8) is 0 Å². The number of nitrogens with two attached hydrogens (primary N) is 2. The standard InChI is InChI=1S/C22H21F3N6O2/c23-13-2-1-3-14(24)18(13)19-15(25)8-16(27)20(31-19)21(32)30-17-9-28-10-29-22(17)33-12-6-4-11(26)5-7-12/h1-3,8-12H,4-7,26-27H2,(H,30,32)/t11-,12-. The summed E-state index contributed by atoms with van der Waals surface area (Å²) >= 11 is 0. The van der Waals surface area contributed by atoms with Gasteiger partial charge in [0.05, 0.1) is 17.4 Å². The molecule has 0 unspecified atom stereocenters. The lowest BCUT2D eigenvalue weighted by Crippen LogP contribution is -2.32. The molecule has 33 heavy (non-hydrogen) atoms. The van der Waals surface area contributed by atoms with Gasteiger partial charge in [0.25, 0.3) is 5.91 Å². The Morgan fingerprint density at radius 3 is 2.48 bits per heavy atom. The Morgan fingerprint density at radius 1 is 1.09 bits per heavy atom. The van der Waals surface area contributed by atoms with E-state index in [0.29, 0.717) is 0 Å². The van der Waals surface area contributed by atoms with E-state index in [4.69, 9.17) is 16.2 Å². The maximum absolute atomic E-state index is 14.5. The van der Waals surface area contributed by atoms with E-state index in [1.165, 1.54) is 12.5 Å². The fourth-order valence-electron chi connectivity index (χ4n) is 3.63. The molecular weight excluding hydrogens is 437 g/mol. The predicted octanol–water partition coefficient (Wildman–Crippen LogP) is 3.44. The van der Waals surface area contributed by atoms with Gasteiger partial charge < -0.3 is 21.5 Å². The van der Waals surface area contributed by atoms with Gasteiger partial charge in [0, 0.05) is 12.1 Å². The molecule has 1 aromatic carbocycles. The lowest BCUT2D eigenvalue weighted by Gasteiger charge is -2.26. The first-order chi connectivity index (χ1) is 15.8. The fourth-order valence-corrected chi connectivity index (χ4v) is 3.63. The SMILES string of the molecule is Nc1cc(F)c(-c2c(F)cccc2F)nc1C(=O)Nc1cncnc1O[C@H]1CC[C@H](N)CC1. The minimum Gasteiger partial charge on any atom is -0.473 e. The minimum absolute atomic E-state index is 0.125. The lowest BCUT2D eigenvalue weighted by molar-refractivity contribution is 0.102. The quantitative estimate of drug-likeness (QED) is 0.534. The van der Waals surface area contributed by atoms with Gasteiger partial charge in [0.1, 0.15) is 35.4 Å². The Kier molecular flexibility index (Phi) is 6.40. The molecule has 0 atom stereocenters. The minimum atomic E-state index is -1.07. The van der Waals surface area contributed by atoms with Crippen molar-refractivity contribution in [2.24, 2.45) is 5.73 Å². The van der Waals surface area contributed by atoms with Gasteiger partial charge in [-0.2, -0.15) is 4.98 Å². The van der Waals surface area contributed by atoms with Gasteiger partial charge in [-0.05, 0) is 37.8 Å². The van der Waals surface area contributed by atoms with Crippen LogP contribution in [0.2, 0.25) is 0 Å². The molecule has 1 aliphatic rings. The van der Waals surface area contributed by atoms with Gasteiger partial charge in [0.2, 0.25) is 5.88 Å². The molecule has 0 radical (unpaired) electrons. The number of hydrogen-bond acceptors (Lipinski definition) is 7. The van der Waals surface area contributed by atoms with Gasteiger partial charge in [-0.15, -0.1) is 0 Å². The monoisotopic (exact) mass is 458 g/mol. The largest absolute Gasteiger partial charge is 0.473 e. The molecular formula is C22H21F3N6O2. The molecule has 1 saturated carbocycles. The van der Waals surface area contributed by atoms with E-state index in [1.54, 1.807) is 0 Å². The number of nitrogen functional groups attached to an aromatic ring is 1. The molecule has 5 N–H and O–H groups in total. The average molecular weight is 458 g/mol. The van der Waals surface area contributed by atoms with E-state index in [9.17, 15) is 18.0 Å². The topological polar surface area (TPSA) is 129 Å². The van der Waals surface area contributed by atoms with Crippen molar-refractivity contribution in [2.45, 2.75) is 37.8 Å². The Morgan fingerprint density at radius 2 is 1.79 bits per heavy atom. The Hall–Kier alpha value is -3.73. The summed E-state index contributed by atoms with van der Waals surface area (Å²) in [5.41, 5.74) is 9.72. The molecule has 0 spiro atoms. The highest BCUT2D eigenvalue weighted by Crippen LogP contribution is 2.30. The zero-order valence-corrected chi connectivity index (χ0v) is 17.4. The number of carbonyl (C=O) groups excluding carboxylic acids is 1. The molecule has 0 bridgehead atoms. The molecule has 11 heteroatoms. The second kappa shape index (κ2) is 9.41. The number of amides is 1. The van der Waals surface area contributed by atoms with Crippen LogP contribution in [0.25, 0.3) is 11.3 Å². The highest BCUT2D eigenvalue weighted by Gasteiger charge is 2.24. The van der Waals surface area contributed by atoms with Crippen LogP contribution in [-0.4, -0.2) is 33.0 Å². The summed E-state index contributed by atoms with van der Waals surface area (Å²) in [6.07, 6.45) is 5.56. The molecule has 0 saturated heterocycles. The number of rotatable bonds is 5. The molecule has 1 aliphatic carbocycles. The van der Waals surface area contributed by atoms with Crippen LogP contribution in [0, 0.1) is 17.5 Å². The maximum atomic E-state index is 14.5. The van der Waals surface area contributed by atoms with Crippen LogP contribution in [0.5, 0.6) is 5.88 Å². The summed E-state index contributed by atoms with van der Waals surface area (Å²) < 4.78 is 48.7. The van der Waals surface area contributed by atoms with Crippen molar-refractivity contribution in [2.75, 3.05) is 11.1 Å². The van der Waals surface area contributed by atoms with Gasteiger partial charge in [-0.3, -0.25) is 4.79 Å². The number of nitrogens with one attached hydrogen (secondary N) is 1. The van der Waals surface area contributed by atoms with Gasteiger partial charge in [-0.25, -0.2) is 23.1 Å². The summed E-state index contributed by atoms with van der Waals surface area (Å²) in [6.45, 7) is 0. The van der Waals surface area contributed by atoms with E-state index in [0.717, 1.165) is 49.9 Å². The third-order valence-corrected chi connectivity index (χ3v) is 5.34. The van der Waals surface area contributed by atoms with Crippen LogP contribution in [0.4, 0.5) is 24.5 Å². The average Bonchev–Trinajstić information content (AvgIpc) is 2.77. The molecule has 3 aromatic rings. The third kappa shape index (κ3) is 4.87. The molecule has 1 fully saturated rings. The van der Waals surface area contributed by atoms with E-state index < -0.39 is 40.3 Å². The summed E-state index contributed by atoms with van der Waals surface area (Å²) in [4.78, 5) is 24.7. The number of ether oxygens (including phenoxy) is 1. The Balaban J connectivity index is 1.61. The van der Waals surface area contributed by atoms with E-state index in [2.05, 4.69) is 20.3 Å². The van der Waals surface area contributed by atoms with Crippen molar-refractivity contribution < 1.29 is 22.7 Å². The number of nitrogens with zero attached hydrogens (tertiary/aromatic N) is 3. The number of carbonyl (C=O) groups is 1. The zero-order chi connectivity index (χ0) is 23.5. The molecule has 172 valence electrons. The number of aromatic nitrogens is 3. The van der Waals surface area contributed by atoms with Crippen LogP contribution in [0.15, 0.2) is 36.8 Å². The van der Waals surface area contributed by atoms with E-state index in [-0.39, 0.29) is 29.4 Å². The second-order valence-corrected chi connectivity index (χ2v) is 7.70. The smallest absolute Gasteiger partial charge is 0.276 e. The van der Waals surface area contributed by atoms with Crippen molar-refractivity contribution >= 4 is 17.3 Å². The highest BCUT2D eigenvalue weighted by molar-refractivity contribution is 6.07. The molecule has 8 nitrogen and oxygen atoms in total.